The Bertz CT molecular complexity index is 452. The molecule has 0 radical (unpaired) electrons. The van der Waals surface area contributed by atoms with Crippen molar-refractivity contribution in [1.82, 2.24) is 0 Å². The average molecular weight is 245 g/mol. The van der Waals surface area contributed by atoms with Crippen molar-refractivity contribution < 1.29 is 9.53 Å². The number of anilines is 1. The van der Waals surface area contributed by atoms with Gasteiger partial charge in [-0.25, -0.2) is 0 Å². The van der Waals surface area contributed by atoms with Crippen LogP contribution in [0.5, 0.6) is 0 Å². The molecule has 1 saturated carbocycles. The minimum atomic E-state index is -0.0142. The number of benzene rings is 1. The molecule has 3 rings (SSSR count). The molecule has 1 saturated heterocycles. The Morgan fingerprint density at radius 3 is 2.56 bits per heavy atom. The molecule has 2 fully saturated rings. The van der Waals surface area contributed by atoms with Gasteiger partial charge in [0.15, 0.2) is 0 Å². The van der Waals surface area contributed by atoms with Gasteiger partial charge in [0.2, 0.25) is 0 Å². The van der Waals surface area contributed by atoms with E-state index in [9.17, 15) is 4.79 Å². The van der Waals surface area contributed by atoms with E-state index in [1.807, 2.05) is 14.1 Å². The standard InChI is InChI=1S/C15H19NO2/c1-16(2)12-6-3-10(4-7-12)13-8-5-11-9-14(17)18-15(11)13/h3-4,6-7,11,13,15H,5,8-9H2,1-2H3/t11-,13-,15+/m1/s1. The predicted octanol–water partition coefficient (Wildman–Crippen LogP) is 2.56. The highest BCUT2D eigenvalue weighted by atomic mass is 16.6. The van der Waals surface area contributed by atoms with Crippen molar-refractivity contribution >= 4 is 11.7 Å². The molecular formula is C15H19NO2. The Kier molecular flexibility index (Phi) is 2.77. The van der Waals surface area contributed by atoms with Crippen LogP contribution in [0.2, 0.25) is 0 Å². The van der Waals surface area contributed by atoms with Gasteiger partial charge in [-0.05, 0) is 30.5 Å². The maximum Gasteiger partial charge on any atom is 0.306 e. The second kappa shape index (κ2) is 4.30. The lowest BCUT2D eigenvalue weighted by Gasteiger charge is -2.19. The number of esters is 1. The molecule has 0 spiro atoms. The Balaban J connectivity index is 1.81. The fraction of sp³-hybridized carbons (Fsp3) is 0.533. The molecule has 1 aliphatic heterocycles. The van der Waals surface area contributed by atoms with Crippen molar-refractivity contribution in [3.05, 3.63) is 29.8 Å². The lowest BCUT2D eigenvalue weighted by atomic mass is 9.93. The molecule has 3 heteroatoms. The summed E-state index contributed by atoms with van der Waals surface area (Å²) in [6, 6.07) is 8.63. The van der Waals surface area contributed by atoms with E-state index in [0.717, 1.165) is 12.8 Å². The predicted molar refractivity (Wildman–Crippen MR) is 70.7 cm³/mol. The summed E-state index contributed by atoms with van der Waals surface area (Å²) in [6.07, 6.45) is 3.01. The summed E-state index contributed by atoms with van der Waals surface area (Å²) in [5, 5.41) is 0. The zero-order valence-electron chi connectivity index (χ0n) is 10.9. The molecule has 2 aliphatic rings. The maximum absolute atomic E-state index is 11.3. The fourth-order valence-corrected chi connectivity index (χ4v) is 3.24. The van der Waals surface area contributed by atoms with Crippen LogP contribution < -0.4 is 4.90 Å². The summed E-state index contributed by atoms with van der Waals surface area (Å²) in [5.74, 6) is 0.841. The lowest BCUT2D eigenvalue weighted by molar-refractivity contribution is -0.142. The molecule has 1 aromatic rings. The van der Waals surface area contributed by atoms with Crippen LogP contribution in [-0.2, 0) is 9.53 Å². The van der Waals surface area contributed by atoms with Crippen molar-refractivity contribution in [2.75, 3.05) is 19.0 Å². The van der Waals surface area contributed by atoms with E-state index in [-0.39, 0.29) is 12.1 Å². The Labute approximate surface area is 108 Å². The summed E-state index contributed by atoms with van der Waals surface area (Å²) in [5.41, 5.74) is 2.51. The highest BCUT2D eigenvalue weighted by Crippen LogP contribution is 2.45. The van der Waals surface area contributed by atoms with Gasteiger partial charge in [-0.2, -0.15) is 0 Å². The number of nitrogens with zero attached hydrogens (tertiary/aromatic N) is 1. The molecule has 1 aliphatic carbocycles. The molecule has 3 nitrogen and oxygen atoms in total. The third-order valence-corrected chi connectivity index (χ3v) is 4.24. The summed E-state index contributed by atoms with van der Waals surface area (Å²) in [6.45, 7) is 0. The highest BCUT2D eigenvalue weighted by Gasteiger charge is 2.45. The lowest BCUT2D eigenvalue weighted by Crippen LogP contribution is -2.17. The zero-order valence-corrected chi connectivity index (χ0v) is 10.9. The van der Waals surface area contributed by atoms with Crippen LogP contribution in [0.3, 0.4) is 0 Å². The third kappa shape index (κ3) is 1.88. The first-order valence-corrected chi connectivity index (χ1v) is 6.62. The van der Waals surface area contributed by atoms with Crippen LogP contribution in [0.25, 0.3) is 0 Å². The quantitative estimate of drug-likeness (QED) is 0.750. The van der Waals surface area contributed by atoms with Gasteiger partial charge in [-0.3, -0.25) is 4.79 Å². The van der Waals surface area contributed by atoms with E-state index < -0.39 is 0 Å². The van der Waals surface area contributed by atoms with Crippen LogP contribution in [0.1, 0.15) is 30.7 Å². The van der Waals surface area contributed by atoms with Crippen molar-refractivity contribution in [3.8, 4) is 0 Å². The van der Waals surface area contributed by atoms with E-state index >= 15 is 0 Å². The molecule has 3 atom stereocenters. The van der Waals surface area contributed by atoms with Crippen LogP contribution in [-0.4, -0.2) is 26.2 Å². The van der Waals surface area contributed by atoms with Gasteiger partial charge in [0.05, 0.1) is 6.42 Å². The topological polar surface area (TPSA) is 29.5 Å². The maximum atomic E-state index is 11.3. The molecule has 1 aromatic carbocycles. The van der Waals surface area contributed by atoms with Gasteiger partial charge in [-0.15, -0.1) is 0 Å². The fourth-order valence-electron chi connectivity index (χ4n) is 3.24. The number of hydrogen-bond donors (Lipinski definition) is 0. The first-order valence-electron chi connectivity index (χ1n) is 6.62. The molecular weight excluding hydrogens is 226 g/mol. The molecule has 0 N–H and O–H groups in total. The second-order valence-electron chi connectivity index (χ2n) is 5.59. The minimum absolute atomic E-state index is 0.0142. The van der Waals surface area contributed by atoms with Crippen molar-refractivity contribution in [2.24, 2.45) is 5.92 Å². The van der Waals surface area contributed by atoms with Crippen LogP contribution >= 0.6 is 0 Å². The van der Waals surface area contributed by atoms with Crippen molar-refractivity contribution in [3.63, 3.8) is 0 Å². The van der Waals surface area contributed by atoms with Gasteiger partial charge in [0.25, 0.3) is 0 Å². The van der Waals surface area contributed by atoms with E-state index in [1.165, 1.54) is 11.3 Å². The van der Waals surface area contributed by atoms with E-state index in [2.05, 4.69) is 29.2 Å². The first kappa shape index (κ1) is 11.6. The Hall–Kier alpha value is -1.51. The highest BCUT2D eigenvalue weighted by molar-refractivity contribution is 5.72. The van der Waals surface area contributed by atoms with E-state index in [0.29, 0.717) is 18.3 Å². The van der Waals surface area contributed by atoms with Crippen molar-refractivity contribution in [2.45, 2.75) is 31.3 Å². The van der Waals surface area contributed by atoms with Gasteiger partial charge >= 0.3 is 5.97 Å². The Morgan fingerprint density at radius 2 is 1.89 bits per heavy atom. The van der Waals surface area contributed by atoms with Crippen LogP contribution in [0, 0.1) is 5.92 Å². The number of hydrogen-bond acceptors (Lipinski definition) is 3. The van der Waals surface area contributed by atoms with Gasteiger partial charge in [-0.1, -0.05) is 12.1 Å². The molecule has 1 heterocycles. The summed E-state index contributed by atoms with van der Waals surface area (Å²) in [4.78, 5) is 13.4. The van der Waals surface area contributed by atoms with Gasteiger partial charge < -0.3 is 9.64 Å². The SMILES string of the molecule is CN(C)c1ccc([C@H]2CC[C@@H]3CC(=O)O[C@@H]32)cc1. The van der Waals surface area contributed by atoms with Crippen LogP contribution in [0.15, 0.2) is 24.3 Å². The number of fused-ring (bicyclic) bond motifs is 1. The summed E-state index contributed by atoms with van der Waals surface area (Å²) >= 11 is 0. The van der Waals surface area contributed by atoms with Gasteiger partial charge in [0.1, 0.15) is 6.10 Å². The van der Waals surface area contributed by atoms with E-state index in [4.69, 9.17) is 4.74 Å². The minimum Gasteiger partial charge on any atom is -0.461 e. The summed E-state index contributed by atoms with van der Waals surface area (Å²) < 4.78 is 5.48. The zero-order chi connectivity index (χ0) is 12.7. The monoisotopic (exact) mass is 245 g/mol. The molecule has 18 heavy (non-hydrogen) atoms. The second-order valence-corrected chi connectivity index (χ2v) is 5.59. The third-order valence-electron chi connectivity index (χ3n) is 4.24. The van der Waals surface area contributed by atoms with Crippen molar-refractivity contribution in [1.29, 1.82) is 0 Å². The number of rotatable bonds is 2. The van der Waals surface area contributed by atoms with Gasteiger partial charge in [0, 0.05) is 31.6 Å². The summed E-state index contributed by atoms with van der Waals surface area (Å²) in [7, 11) is 4.08. The largest absolute Gasteiger partial charge is 0.461 e. The smallest absolute Gasteiger partial charge is 0.306 e. The van der Waals surface area contributed by atoms with Crippen LogP contribution in [0.4, 0.5) is 5.69 Å². The molecule has 0 bridgehead atoms. The molecule has 0 unspecified atom stereocenters. The molecule has 96 valence electrons. The van der Waals surface area contributed by atoms with E-state index in [1.54, 1.807) is 0 Å². The average Bonchev–Trinajstić information content (AvgIpc) is 2.88. The Morgan fingerprint density at radius 1 is 1.17 bits per heavy atom. The normalized spacial score (nSPS) is 30.1. The molecule has 0 amide bonds. The first-order chi connectivity index (χ1) is 8.65. The number of carbonyl (C=O) groups is 1. The molecule has 0 aromatic heterocycles. The number of ether oxygens (including phenoxy) is 1. The number of carbonyl (C=O) groups excluding carboxylic acids is 1.